The summed E-state index contributed by atoms with van der Waals surface area (Å²) in [5, 5.41) is 5.17. The Morgan fingerprint density at radius 2 is 1.49 bits per heavy atom. The van der Waals surface area contributed by atoms with Gasteiger partial charge in [-0.15, -0.1) is 0 Å². The number of aryl methyl sites for hydroxylation is 1. The average molecular weight is 478 g/mol. The third-order valence-corrected chi connectivity index (χ3v) is 7.87. The first-order chi connectivity index (χ1) is 18.0. The van der Waals surface area contributed by atoms with E-state index in [4.69, 9.17) is 0 Å². The van der Waals surface area contributed by atoms with Gasteiger partial charge in [0.15, 0.2) is 0 Å². The van der Waals surface area contributed by atoms with Crippen molar-refractivity contribution in [2.24, 2.45) is 4.99 Å². The van der Waals surface area contributed by atoms with Gasteiger partial charge in [-0.25, -0.2) is 0 Å². The second-order valence-electron chi connectivity index (χ2n) is 10.5. The molecule has 0 aliphatic heterocycles. The third-order valence-electron chi connectivity index (χ3n) is 7.87. The quantitative estimate of drug-likeness (QED) is 0.136. The minimum atomic E-state index is 0.00835. The first-order valence-electron chi connectivity index (χ1n) is 13.0. The van der Waals surface area contributed by atoms with E-state index in [1.165, 1.54) is 66.1 Å². The zero-order valence-corrected chi connectivity index (χ0v) is 21.8. The van der Waals surface area contributed by atoms with Crippen molar-refractivity contribution in [1.82, 2.24) is 0 Å². The maximum Gasteiger partial charge on any atom is 0.0263 e. The van der Waals surface area contributed by atoms with Crippen LogP contribution in [0.5, 0.6) is 0 Å². The molecule has 5 aromatic carbocycles. The molecule has 0 radical (unpaired) electrons. The first kappa shape index (κ1) is 23.2. The Morgan fingerprint density at radius 1 is 0.757 bits per heavy atom. The third kappa shape index (κ3) is 3.74. The van der Waals surface area contributed by atoms with Crippen LogP contribution in [0.3, 0.4) is 0 Å². The molecule has 5 aromatic rings. The molecule has 1 aliphatic carbocycles. The predicted octanol–water partition coefficient (Wildman–Crippen LogP) is 9.59. The van der Waals surface area contributed by atoms with Crippen LogP contribution in [0.25, 0.3) is 43.8 Å². The largest absolute Gasteiger partial charge is 0.269 e. The van der Waals surface area contributed by atoms with Crippen LogP contribution in [-0.2, 0) is 11.8 Å². The summed E-state index contributed by atoms with van der Waals surface area (Å²) in [6, 6.07) is 31.7. The van der Waals surface area contributed by atoms with Crippen LogP contribution in [0.1, 0.15) is 36.1 Å². The van der Waals surface area contributed by atoms with E-state index in [0.717, 1.165) is 6.42 Å². The molecule has 0 unspecified atom stereocenters. The molecule has 6 rings (SSSR count). The number of nitrogens with zero attached hydrogens (tertiary/aromatic N) is 1. The Kier molecular flexibility index (Phi) is 5.65. The summed E-state index contributed by atoms with van der Waals surface area (Å²) in [5.41, 5.74) is 10.7. The van der Waals surface area contributed by atoms with Crippen molar-refractivity contribution in [3.63, 3.8) is 0 Å². The molecule has 0 saturated carbocycles. The predicted molar refractivity (Wildman–Crippen MR) is 161 cm³/mol. The number of fused-ring (bicyclic) bond motifs is 5. The molecule has 37 heavy (non-hydrogen) atoms. The summed E-state index contributed by atoms with van der Waals surface area (Å²) in [6.45, 7) is 10.6. The molecule has 1 aliphatic rings. The lowest BCUT2D eigenvalue weighted by atomic mass is 9.81. The van der Waals surface area contributed by atoms with Gasteiger partial charge in [-0.3, -0.25) is 4.99 Å². The van der Waals surface area contributed by atoms with Gasteiger partial charge in [-0.05, 0) is 79.6 Å². The van der Waals surface area contributed by atoms with Gasteiger partial charge in [0.2, 0.25) is 0 Å². The van der Waals surface area contributed by atoms with Crippen LogP contribution >= 0.6 is 0 Å². The number of aliphatic imine (C=N–C) groups is 1. The van der Waals surface area contributed by atoms with E-state index < -0.39 is 0 Å². The zero-order chi connectivity index (χ0) is 25.6. The highest BCUT2D eigenvalue weighted by Crippen LogP contribution is 2.50. The standard InChI is InChI=1S/C36H31N/c1-5-6-20-37-21-19-28-26-11-7-8-13-30(26)35(32-22-24(2)15-17-27(28)32)25-16-18-34-31(23-25)29-12-9-10-14-33(29)36(34,3)4/h5-18,20-23H,1,19H2,2-4H3/b20-6-,37-21-. The fourth-order valence-electron chi connectivity index (χ4n) is 6.10. The highest BCUT2D eigenvalue weighted by molar-refractivity contribution is 6.16. The van der Waals surface area contributed by atoms with Crippen molar-refractivity contribution >= 4 is 27.8 Å². The molecule has 0 amide bonds. The molecule has 0 saturated heterocycles. The van der Waals surface area contributed by atoms with Crippen molar-refractivity contribution in [1.29, 1.82) is 0 Å². The van der Waals surface area contributed by atoms with Crippen LogP contribution in [0.15, 0.2) is 115 Å². The number of hydrogen-bond donors (Lipinski definition) is 0. The zero-order valence-electron chi connectivity index (χ0n) is 21.8. The number of benzene rings is 5. The molecular formula is C36H31N. The second-order valence-corrected chi connectivity index (χ2v) is 10.5. The highest BCUT2D eigenvalue weighted by Gasteiger charge is 2.35. The molecule has 0 N–H and O–H groups in total. The topological polar surface area (TPSA) is 12.4 Å². The summed E-state index contributed by atoms with van der Waals surface area (Å²) < 4.78 is 0. The first-order valence-corrected chi connectivity index (χ1v) is 13.0. The Bertz CT molecular complexity index is 1750. The van der Waals surface area contributed by atoms with Crippen LogP contribution in [-0.4, -0.2) is 6.21 Å². The van der Waals surface area contributed by atoms with E-state index in [9.17, 15) is 0 Å². The van der Waals surface area contributed by atoms with Crippen LogP contribution in [0.2, 0.25) is 0 Å². The van der Waals surface area contributed by atoms with Gasteiger partial charge in [0.05, 0.1) is 0 Å². The van der Waals surface area contributed by atoms with Gasteiger partial charge in [-0.2, -0.15) is 0 Å². The van der Waals surface area contributed by atoms with Gasteiger partial charge in [0.25, 0.3) is 0 Å². The normalized spacial score (nSPS) is 14.0. The molecule has 0 spiro atoms. The Hall–Kier alpha value is -4.23. The van der Waals surface area contributed by atoms with Crippen molar-refractivity contribution in [2.75, 3.05) is 0 Å². The van der Waals surface area contributed by atoms with Crippen molar-refractivity contribution in [2.45, 2.75) is 32.6 Å². The van der Waals surface area contributed by atoms with E-state index in [1.807, 2.05) is 12.3 Å². The molecule has 180 valence electrons. The van der Waals surface area contributed by atoms with Crippen molar-refractivity contribution < 1.29 is 0 Å². The molecule has 0 bridgehead atoms. The maximum absolute atomic E-state index is 4.47. The van der Waals surface area contributed by atoms with Gasteiger partial charge in [0, 0.05) is 24.3 Å². The molecule has 0 heterocycles. The van der Waals surface area contributed by atoms with Crippen LogP contribution in [0, 0.1) is 6.92 Å². The summed E-state index contributed by atoms with van der Waals surface area (Å²) in [4.78, 5) is 4.47. The van der Waals surface area contributed by atoms with Gasteiger partial charge in [-0.1, -0.05) is 111 Å². The van der Waals surface area contributed by atoms with E-state index >= 15 is 0 Å². The van der Waals surface area contributed by atoms with E-state index in [-0.39, 0.29) is 5.41 Å². The molecule has 0 aromatic heterocycles. The van der Waals surface area contributed by atoms with Crippen molar-refractivity contribution in [3.8, 4) is 22.3 Å². The fraction of sp³-hybridized carbons (Fsp3) is 0.139. The van der Waals surface area contributed by atoms with Gasteiger partial charge < -0.3 is 0 Å². The van der Waals surface area contributed by atoms with Gasteiger partial charge in [0.1, 0.15) is 0 Å². The number of allylic oxidation sites excluding steroid dienone is 2. The minimum absolute atomic E-state index is 0.00835. The highest BCUT2D eigenvalue weighted by atomic mass is 14.7. The molecule has 0 fully saturated rings. The molecular weight excluding hydrogens is 446 g/mol. The lowest BCUT2D eigenvalue weighted by molar-refractivity contribution is 0.660. The van der Waals surface area contributed by atoms with E-state index in [1.54, 1.807) is 12.3 Å². The fourth-order valence-corrected chi connectivity index (χ4v) is 6.10. The summed E-state index contributed by atoms with van der Waals surface area (Å²) in [7, 11) is 0. The number of hydrogen-bond acceptors (Lipinski definition) is 1. The van der Waals surface area contributed by atoms with Crippen LogP contribution in [0.4, 0.5) is 0 Å². The summed E-state index contributed by atoms with van der Waals surface area (Å²) >= 11 is 0. The molecule has 1 heteroatoms. The lowest BCUT2D eigenvalue weighted by Crippen LogP contribution is -2.14. The smallest absolute Gasteiger partial charge is 0.0263 e. The summed E-state index contributed by atoms with van der Waals surface area (Å²) in [6.07, 6.45) is 8.16. The van der Waals surface area contributed by atoms with E-state index in [0.29, 0.717) is 0 Å². The monoisotopic (exact) mass is 477 g/mol. The Morgan fingerprint density at radius 3 is 2.32 bits per heavy atom. The van der Waals surface area contributed by atoms with Gasteiger partial charge >= 0.3 is 0 Å². The lowest BCUT2D eigenvalue weighted by Gasteiger charge is -2.22. The summed E-state index contributed by atoms with van der Waals surface area (Å²) in [5.74, 6) is 0. The molecule has 0 atom stereocenters. The SMILES string of the molecule is C=C/C=C\N=C/Cc1c2ccccc2c(-c2ccc3c(c2)-c2ccccc2C3(C)C)c2cc(C)ccc12. The molecule has 1 nitrogen and oxygen atoms in total. The average Bonchev–Trinajstić information content (AvgIpc) is 3.14. The van der Waals surface area contributed by atoms with Crippen molar-refractivity contribution in [3.05, 3.63) is 132 Å². The Labute approximate surface area is 219 Å². The van der Waals surface area contributed by atoms with Crippen LogP contribution < -0.4 is 0 Å². The Balaban J connectivity index is 1.63. The van der Waals surface area contributed by atoms with E-state index in [2.05, 4.69) is 117 Å². The number of rotatable bonds is 5. The minimum Gasteiger partial charge on any atom is -0.269 e. The maximum atomic E-state index is 4.47. The second kappa shape index (κ2) is 9.01.